The number of amides is 1. The molecule has 140 valence electrons. The first-order chi connectivity index (χ1) is 12.1. The summed E-state index contributed by atoms with van der Waals surface area (Å²) in [7, 11) is 0. The molecule has 1 aromatic carbocycles. The first kappa shape index (κ1) is 20.8. The molecule has 0 aliphatic heterocycles. The van der Waals surface area contributed by atoms with E-state index in [2.05, 4.69) is 12.2 Å². The second-order valence-corrected chi connectivity index (χ2v) is 5.89. The molecule has 0 aliphatic rings. The molecule has 0 spiro atoms. The molecule has 0 saturated heterocycles. The number of hydrogen-bond donors (Lipinski definition) is 2. The van der Waals surface area contributed by atoms with Gasteiger partial charge in [-0.25, -0.2) is 9.59 Å². The predicted octanol–water partition coefficient (Wildman–Crippen LogP) is 4.87. The molecular formula is C19H29NO5. The fraction of sp³-hybridized carbons (Fsp3) is 0.579. The fourth-order valence-corrected chi connectivity index (χ4v) is 2.28. The minimum Gasteiger partial charge on any atom is -0.508 e. The van der Waals surface area contributed by atoms with E-state index >= 15 is 0 Å². The molecule has 0 heterocycles. The van der Waals surface area contributed by atoms with Gasteiger partial charge in [0.15, 0.2) is 0 Å². The van der Waals surface area contributed by atoms with Crippen molar-refractivity contribution in [3.63, 3.8) is 0 Å². The van der Waals surface area contributed by atoms with Crippen molar-refractivity contribution in [1.82, 2.24) is 0 Å². The molecule has 1 aromatic rings. The molecule has 6 nitrogen and oxygen atoms in total. The fourth-order valence-electron chi connectivity index (χ4n) is 2.28. The Kier molecular flexibility index (Phi) is 10.1. The molecular weight excluding hydrogens is 322 g/mol. The molecule has 25 heavy (non-hydrogen) atoms. The maximum absolute atomic E-state index is 12.0. The van der Waals surface area contributed by atoms with Gasteiger partial charge < -0.3 is 14.6 Å². The minimum absolute atomic E-state index is 0.0572. The normalized spacial score (nSPS) is 10.3. The Morgan fingerprint density at radius 2 is 1.68 bits per heavy atom. The second kappa shape index (κ2) is 12.2. The average molecular weight is 351 g/mol. The van der Waals surface area contributed by atoms with Gasteiger partial charge >= 0.3 is 12.1 Å². The maximum Gasteiger partial charge on any atom is 0.411 e. The topological polar surface area (TPSA) is 84.9 Å². The summed E-state index contributed by atoms with van der Waals surface area (Å²) in [6.45, 7) is 4.68. The molecule has 0 unspecified atom stereocenters. The maximum atomic E-state index is 12.0. The van der Waals surface area contributed by atoms with Gasteiger partial charge in [-0.15, -0.1) is 0 Å². The van der Waals surface area contributed by atoms with Crippen LogP contribution < -0.4 is 5.32 Å². The summed E-state index contributed by atoms with van der Waals surface area (Å²) in [5, 5.41) is 12.1. The molecule has 0 fully saturated rings. The van der Waals surface area contributed by atoms with Crippen LogP contribution in [0.15, 0.2) is 18.2 Å². The number of nitrogens with one attached hydrogen (secondary N) is 1. The van der Waals surface area contributed by atoms with Crippen LogP contribution in [0.5, 0.6) is 5.75 Å². The Bertz CT molecular complexity index is 545. The number of carbonyl (C=O) groups excluding carboxylic acids is 2. The van der Waals surface area contributed by atoms with Crippen LogP contribution in [0, 0.1) is 0 Å². The number of unbranched alkanes of at least 4 members (excludes halogenated alkanes) is 5. The number of phenols is 1. The van der Waals surface area contributed by atoms with Gasteiger partial charge in [-0.2, -0.15) is 0 Å². The lowest BCUT2D eigenvalue weighted by atomic mass is 10.1. The summed E-state index contributed by atoms with van der Waals surface area (Å²) in [6, 6.07) is 4.08. The van der Waals surface area contributed by atoms with E-state index in [-0.39, 0.29) is 17.0 Å². The highest BCUT2D eigenvalue weighted by Crippen LogP contribution is 2.23. The van der Waals surface area contributed by atoms with Crippen molar-refractivity contribution in [1.29, 1.82) is 0 Å². The van der Waals surface area contributed by atoms with Gasteiger partial charge in [0, 0.05) is 6.07 Å². The van der Waals surface area contributed by atoms with Crippen LogP contribution in [-0.2, 0) is 9.47 Å². The molecule has 2 N–H and O–H groups in total. The number of esters is 1. The van der Waals surface area contributed by atoms with E-state index in [9.17, 15) is 14.7 Å². The Labute approximate surface area is 149 Å². The van der Waals surface area contributed by atoms with E-state index in [1.807, 2.05) is 6.92 Å². The standard InChI is InChI=1S/C19H29NO5/c1-3-5-6-7-8-9-13-25-19(23)20-17-14-15(21)10-11-16(17)18(22)24-12-4-2/h10-11,14,21H,3-9,12-13H2,1-2H3,(H,20,23). The Balaban J connectivity index is 2.47. The summed E-state index contributed by atoms with van der Waals surface area (Å²) >= 11 is 0. The predicted molar refractivity (Wildman–Crippen MR) is 97.0 cm³/mol. The van der Waals surface area contributed by atoms with Gasteiger partial charge in [-0.1, -0.05) is 46.0 Å². The number of ether oxygens (including phenoxy) is 2. The zero-order valence-corrected chi connectivity index (χ0v) is 15.2. The van der Waals surface area contributed by atoms with Crippen molar-refractivity contribution >= 4 is 17.7 Å². The number of carbonyl (C=O) groups is 2. The third kappa shape index (κ3) is 8.42. The number of aromatic hydroxyl groups is 1. The van der Waals surface area contributed by atoms with Gasteiger partial charge in [0.1, 0.15) is 5.75 Å². The SMILES string of the molecule is CCCCCCCCOC(=O)Nc1cc(O)ccc1C(=O)OCCC. The average Bonchev–Trinajstić information content (AvgIpc) is 2.59. The van der Waals surface area contributed by atoms with Gasteiger partial charge in [0.25, 0.3) is 0 Å². The first-order valence-electron chi connectivity index (χ1n) is 9.02. The van der Waals surface area contributed by atoms with Crippen molar-refractivity contribution in [3.8, 4) is 5.75 Å². The van der Waals surface area contributed by atoms with Crippen LogP contribution in [0.3, 0.4) is 0 Å². The molecule has 0 aromatic heterocycles. The monoisotopic (exact) mass is 351 g/mol. The second-order valence-electron chi connectivity index (χ2n) is 5.89. The summed E-state index contributed by atoms with van der Waals surface area (Å²) in [6.07, 6.45) is 6.66. The van der Waals surface area contributed by atoms with Gasteiger partial charge in [0.05, 0.1) is 24.5 Å². The van der Waals surface area contributed by atoms with Crippen molar-refractivity contribution in [3.05, 3.63) is 23.8 Å². The molecule has 0 bridgehead atoms. The molecule has 0 saturated carbocycles. The van der Waals surface area contributed by atoms with Gasteiger partial charge in [0.2, 0.25) is 0 Å². The Morgan fingerprint density at radius 1 is 0.960 bits per heavy atom. The van der Waals surface area contributed by atoms with E-state index in [0.717, 1.165) is 19.3 Å². The van der Waals surface area contributed by atoms with E-state index in [4.69, 9.17) is 9.47 Å². The highest BCUT2D eigenvalue weighted by atomic mass is 16.5. The zero-order chi connectivity index (χ0) is 18.5. The zero-order valence-electron chi connectivity index (χ0n) is 15.2. The van der Waals surface area contributed by atoms with E-state index in [1.54, 1.807) is 0 Å². The van der Waals surface area contributed by atoms with E-state index < -0.39 is 12.1 Å². The van der Waals surface area contributed by atoms with Gasteiger partial charge in [-0.05, 0) is 25.0 Å². The van der Waals surface area contributed by atoms with E-state index in [0.29, 0.717) is 19.6 Å². The molecule has 1 amide bonds. The van der Waals surface area contributed by atoms with Gasteiger partial charge in [-0.3, -0.25) is 5.32 Å². The lowest BCUT2D eigenvalue weighted by Gasteiger charge is -2.11. The highest BCUT2D eigenvalue weighted by Gasteiger charge is 2.16. The number of anilines is 1. The summed E-state index contributed by atoms with van der Waals surface area (Å²) in [5.74, 6) is -0.605. The number of rotatable bonds is 11. The summed E-state index contributed by atoms with van der Waals surface area (Å²) in [4.78, 5) is 23.9. The van der Waals surface area contributed by atoms with Crippen LogP contribution >= 0.6 is 0 Å². The molecule has 6 heteroatoms. The summed E-state index contributed by atoms with van der Waals surface area (Å²) < 4.78 is 10.2. The highest BCUT2D eigenvalue weighted by molar-refractivity contribution is 6.00. The number of hydrogen-bond acceptors (Lipinski definition) is 5. The smallest absolute Gasteiger partial charge is 0.411 e. The van der Waals surface area contributed by atoms with Crippen LogP contribution in [0.1, 0.15) is 69.2 Å². The van der Waals surface area contributed by atoms with Crippen LogP contribution in [0.25, 0.3) is 0 Å². The number of phenolic OH excluding ortho intramolecular Hbond substituents is 1. The third-order valence-electron chi connectivity index (χ3n) is 3.63. The Morgan fingerprint density at radius 3 is 2.40 bits per heavy atom. The molecule has 0 atom stereocenters. The Hall–Kier alpha value is -2.24. The largest absolute Gasteiger partial charge is 0.508 e. The van der Waals surface area contributed by atoms with Crippen LogP contribution in [0.2, 0.25) is 0 Å². The summed E-state index contributed by atoms with van der Waals surface area (Å²) in [5.41, 5.74) is 0.358. The van der Waals surface area contributed by atoms with Crippen LogP contribution in [0.4, 0.5) is 10.5 Å². The first-order valence-corrected chi connectivity index (χ1v) is 9.02. The van der Waals surface area contributed by atoms with E-state index in [1.165, 1.54) is 37.5 Å². The minimum atomic E-state index is -0.649. The lowest BCUT2D eigenvalue weighted by molar-refractivity contribution is 0.0506. The number of benzene rings is 1. The van der Waals surface area contributed by atoms with Crippen LogP contribution in [-0.4, -0.2) is 30.4 Å². The molecule has 0 aliphatic carbocycles. The quantitative estimate of drug-likeness (QED) is 0.439. The van der Waals surface area contributed by atoms with Crippen molar-refractivity contribution < 1.29 is 24.2 Å². The van der Waals surface area contributed by atoms with Crippen molar-refractivity contribution in [2.75, 3.05) is 18.5 Å². The molecule has 1 rings (SSSR count). The van der Waals surface area contributed by atoms with Crippen molar-refractivity contribution in [2.45, 2.75) is 58.8 Å². The lowest BCUT2D eigenvalue weighted by Crippen LogP contribution is -2.17. The molecule has 0 radical (unpaired) electrons. The van der Waals surface area contributed by atoms with Crippen molar-refractivity contribution in [2.24, 2.45) is 0 Å². The third-order valence-corrected chi connectivity index (χ3v) is 3.63.